The van der Waals surface area contributed by atoms with E-state index in [1.54, 1.807) is 0 Å². The number of rotatable bonds is 4. The minimum absolute atomic E-state index is 0.0475. The van der Waals surface area contributed by atoms with Crippen LogP contribution in [0.15, 0.2) is 30.4 Å². The van der Waals surface area contributed by atoms with Crippen molar-refractivity contribution < 1.29 is 19.3 Å². The number of fused-ring (bicyclic) bond motifs is 5. The minimum atomic E-state index is -0.657. The number of hydrogen-bond acceptors (Lipinski definition) is 5. The summed E-state index contributed by atoms with van der Waals surface area (Å²) in [5.74, 6) is -1.78. The third-order valence-electron chi connectivity index (χ3n) is 5.29. The van der Waals surface area contributed by atoms with Gasteiger partial charge in [0.15, 0.2) is 0 Å². The molecule has 1 saturated carbocycles. The maximum Gasteiger partial charge on any atom is 0.289 e. The van der Waals surface area contributed by atoms with Gasteiger partial charge in [-0.3, -0.25) is 29.4 Å². The van der Waals surface area contributed by atoms with Gasteiger partial charge in [0.1, 0.15) is 11.6 Å². The fourth-order valence-electron chi connectivity index (χ4n) is 4.19. The van der Waals surface area contributed by atoms with Crippen molar-refractivity contribution in [3.8, 4) is 0 Å². The molecule has 2 fully saturated rings. The first kappa shape index (κ1) is 16.7. The van der Waals surface area contributed by atoms with Crippen LogP contribution in [-0.4, -0.2) is 34.1 Å². The van der Waals surface area contributed by atoms with E-state index in [1.165, 1.54) is 12.1 Å². The highest BCUT2D eigenvalue weighted by Crippen LogP contribution is 2.52. The molecule has 3 amide bonds. The third-order valence-corrected chi connectivity index (χ3v) is 5.61. The largest absolute Gasteiger partial charge is 0.324 e. The average molecular weight is 376 g/mol. The molecule has 26 heavy (non-hydrogen) atoms. The predicted octanol–water partition coefficient (Wildman–Crippen LogP) is 1.99. The fourth-order valence-corrected chi connectivity index (χ4v) is 4.38. The van der Waals surface area contributed by atoms with Crippen molar-refractivity contribution >= 4 is 40.7 Å². The number of nitrogens with zero attached hydrogens (tertiary/aromatic N) is 2. The van der Waals surface area contributed by atoms with Crippen LogP contribution in [0.2, 0.25) is 5.02 Å². The Morgan fingerprint density at radius 1 is 1.23 bits per heavy atom. The third kappa shape index (κ3) is 2.48. The van der Waals surface area contributed by atoms with Gasteiger partial charge in [-0.25, -0.2) is 0 Å². The molecular formula is C17H14ClN3O5. The van der Waals surface area contributed by atoms with Gasteiger partial charge in [0.05, 0.1) is 16.8 Å². The number of anilines is 1. The van der Waals surface area contributed by atoms with Gasteiger partial charge >= 0.3 is 0 Å². The van der Waals surface area contributed by atoms with E-state index in [1.807, 2.05) is 12.2 Å². The van der Waals surface area contributed by atoms with Crippen LogP contribution in [0, 0.1) is 33.8 Å². The Morgan fingerprint density at radius 2 is 1.85 bits per heavy atom. The lowest BCUT2D eigenvalue weighted by Crippen LogP contribution is -2.39. The minimum Gasteiger partial charge on any atom is -0.324 e. The molecule has 1 aliphatic heterocycles. The van der Waals surface area contributed by atoms with Gasteiger partial charge in [0.25, 0.3) is 5.69 Å². The summed E-state index contributed by atoms with van der Waals surface area (Å²) in [6.07, 6.45) is 4.78. The summed E-state index contributed by atoms with van der Waals surface area (Å²) in [7, 11) is 0. The molecule has 0 radical (unpaired) electrons. The first-order valence-electron chi connectivity index (χ1n) is 8.14. The molecule has 2 bridgehead atoms. The highest BCUT2D eigenvalue weighted by atomic mass is 35.5. The molecule has 3 aliphatic rings. The Balaban J connectivity index is 1.46. The molecular weight excluding hydrogens is 362 g/mol. The summed E-state index contributed by atoms with van der Waals surface area (Å²) < 4.78 is 0. The molecule has 8 nitrogen and oxygen atoms in total. The van der Waals surface area contributed by atoms with E-state index in [2.05, 4.69) is 5.32 Å². The van der Waals surface area contributed by atoms with Crippen LogP contribution in [0.3, 0.4) is 0 Å². The van der Waals surface area contributed by atoms with E-state index in [4.69, 9.17) is 11.6 Å². The van der Waals surface area contributed by atoms with Gasteiger partial charge in [0, 0.05) is 11.8 Å². The van der Waals surface area contributed by atoms with Crippen molar-refractivity contribution in [2.24, 2.45) is 23.7 Å². The molecule has 9 heteroatoms. The Kier molecular flexibility index (Phi) is 3.80. The number of likely N-dealkylation sites (tertiary alicyclic amines) is 1. The predicted molar refractivity (Wildman–Crippen MR) is 91.2 cm³/mol. The molecule has 134 valence electrons. The van der Waals surface area contributed by atoms with Crippen molar-refractivity contribution in [3.05, 3.63) is 45.5 Å². The lowest BCUT2D eigenvalue weighted by atomic mass is 9.85. The second-order valence-electron chi connectivity index (χ2n) is 6.73. The maximum absolute atomic E-state index is 12.5. The van der Waals surface area contributed by atoms with Crippen molar-refractivity contribution in [1.29, 1.82) is 0 Å². The molecule has 4 atom stereocenters. The summed E-state index contributed by atoms with van der Waals surface area (Å²) in [6, 6.07) is 3.85. The summed E-state index contributed by atoms with van der Waals surface area (Å²) in [4.78, 5) is 48.6. The quantitative estimate of drug-likeness (QED) is 0.374. The fraction of sp³-hybridized carbons (Fsp3) is 0.353. The molecule has 1 N–H and O–H groups in total. The zero-order valence-corrected chi connectivity index (χ0v) is 14.2. The zero-order chi connectivity index (χ0) is 18.6. The van der Waals surface area contributed by atoms with Crippen LogP contribution in [0.1, 0.15) is 6.42 Å². The Labute approximate surface area is 152 Å². The number of carbonyl (C=O) groups is 3. The highest BCUT2D eigenvalue weighted by molar-refractivity contribution is 6.32. The summed E-state index contributed by atoms with van der Waals surface area (Å²) in [5.41, 5.74) is -0.165. The lowest BCUT2D eigenvalue weighted by Gasteiger charge is -2.16. The molecule has 0 aromatic heterocycles. The van der Waals surface area contributed by atoms with E-state index in [0.29, 0.717) is 0 Å². The topological polar surface area (TPSA) is 110 Å². The molecule has 2 aliphatic carbocycles. The van der Waals surface area contributed by atoms with E-state index >= 15 is 0 Å². The molecule has 4 unspecified atom stereocenters. The Hall–Kier alpha value is -2.74. The monoisotopic (exact) mass is 375 g/mol. The van der Waals surface area contributed by atoms with Crippen molar-refractivity contribution in [1.82, 2.24) is 4.90 Å². The number of allylic oxidation sites excluding steroid dienone is 2. The zero-order valence-electron chi connectivity index (χ0n) is 13.4. The van der Waals surface area contributed by atoms with Gasteiger partial charge in [-0.2, -0.15) is 0 Å². The number of benzene rings is 1. The molecule has 1 aromatic rings. The number of halogens is 1. The van der Waals surface area contributed by atoms with Crippen molar-refractivity contribution in [2.45, 2.75) is 6.42 Å². The first-order valence-corrected chi connectivity index (χ1v) is 8.52. The second-order valence-corrected chi connectivity index (χ2v) is 7.14. The van der Waals surface area contributed by atoms with Crippen LogP contribution < -0.4 is 5.32 Å². The van der Waals surface area contributed by atoms with E-state index in [9.17, 15) is 24.5 Å². The number of nitro benzene ring substituents is 1. The van der Waals surface area contributed by atoms with Crippen LogP contribution in [-0.2, 0) is 14.4 Å². The Bertz CT molecular complexity index is 853. The summed E-state index contributed by atoms with van der Waals surface area (Å²) in [5, 5.41) is 13.3. The van der Waals surface area contributed by atoms with E-state index < -0.39 is 17.4 Å². The molecule has 4 rings (SSSR count). The molecule has 1 aromatic carbocycles. The number of nitrogens with one attached hydrogen (secondary N) is 1. The first-order chi connectivity index (χ1) is 12.4. The number of nitro groups is 1. The SMILES string of the molecule is O=C(CN1C(=O)C2C3C=CC(C3)C2C1=O)Nc1ccc(Cl)c([N+](=O)[O-])c1. The van der Waals surface area contributed by atoms with Gasteiger partial charge in [-0.1, -0.05) is 23.8 Å². The van der Waals surface area contributed by atoms with Crippen molar-refractivity contribution in [2.75, 3.05) is 11.9 Å². The highest BCUT2D eigenvalue weighted by Gasteiger charge is 2.59. The van der Waals surface area contributed by atoms with Gasteiger partial charge in [0.2, 0.25) is 17.7 Å². The van der Waals surface area contributed by atoms with Crippen LogP contribution in [0.5, 0.6) is 0 Å². The molecule has 1 heterocycles. The lowest BCUT2D eigenvalue weighted by molar-refractivity contribution is -0.384. The van der Waals surface area contributed by atoms with E-state index in [0.717, 1.165) is 17.4 Å². The molecule has 1 saturated heterocycles. The van der Waals surface area contributed by atoms with Crippen molar-refractivity contribution in [3.63, 3.8) is 0 Å². The maximum atomic E-state index is 12.5. The summed E-state index contributed by atoms with van der Waals surface area (Å²) >= 11 is 5.73. The van der Waals surface area contributed by atoms with Gasteiger partial charge in [-0.05, 0) is 30.4 Å². The second kappa shape index (κ2) is 5.91. The standard InChI is InChI=1S/C17H14ClN3O5/c18-11-4-3-10(6-12(11)21(25)26)19-13(22)7-20-16(23)14-8-1-2-9(5-8)15(14)17(20)24/h1-4,6,8-9,14-15H,5,7H2,(H,19,22). The van der Waals surface area contributed by atoms with Crippen LogP contribution in [0.4, 0.5) is 11.4 Å². The van der Waals surface area contributed by atoms with Crippen LogP contribution >= 0.6 is 11.6 Å². The van der Waals surface area contributed by atoms with Crippen LogP contribution in [0.25, 0.3) is 0 Å². The number of amides is 3. The normalized spacial score (nSPS) is 28.6. The smallest absolute Gasteiger partial charge is 0.289 e. The number of hydrogen-bond donors (Lipinski definition) is 1. The van der Waals surface area contributed by atoms with E-state index in [-0.39, 0.29) is 51.9 Å². The number of imide groups is 1. The number of carbonyl (C=O) groups excluding carboxylic acids is 3. The Morgan fingerprint density at radius 3 is 2.42 bits per heavy atom. The summed E-state index contributed by atoms with van der Waals surface area (Å²) in [6.45, 7) is -0.402. The molecule has 0 spiro atoms. The van der Waals surface area contributed by atoms with Gasteiger partial charge < -0.3 is 5.32 Å². The van der Waals surface area contributed by atoms with Gasteiger partial charge in [-0.15, -0.1) is 0 Å². The average Bonchev–Trinajstić information content (AvgIpc) is 3.26.